The maximum absolute atomic E-state index is 4.38. The Morgan fingerprint density at radius 3 is 2.59 bits per heavy atom. The number of nitrogens with zero attached hydrogens (tertiary/aromatic N) is 2. The van der Waals surface area contributed by atoms with Crippen LogP contribution < -0.4 is 5.32 Å². The Kier molecular flexibility index (Phi) is 3.52. The van der Waals surface area contributed by atoms with Crippen molar-refractivity contribution >= 4 is 21.6 Å². The molecule has 2 aromatic rings. The van der Waals surface area contributed by atoms with Gasteiger partial charge in [0.05, 0.1) is 22.4 Å². The Labute approximate surface area is 110 Å². The molecule has 2 rings (SSSR count). The topological polar surface area (TPSA) is 29.9 Å². The van der Waals surface area contributed by atoms with Gasteiger partial charge in [-0.2, -0.15) is 5.10 Å². The first-order valence-corrected chi connectivity index (χ1v) is 6.36. The van der Waals surface area contributed by atoms with Crippen molar-refractivity contribution in [2.45, 2.75) is 20.4 Å². The Hall–Kier alpha value is -1.29. The summed E-state index contributed by atoms with van der Waals surface area (Å²) in [6, 6.07) is 8.28. The Morgan fingerprint density at radius 1 is 1.29 bits per heavy atom. The van der Waals surface area contributed by atoms with E-state index in [-0.39, 0.29) is 0 Å². The molecule has 0 bridgehead atoms. The molecule has 0 unspecified atom stereocenters. The van der Waals surface area contributed by atoms with E-state index in [0.29, 0.717) is 0 Å². The van der Waals surface area contributed by atoms with E-state index in [4.69, 9.17) is 0 Å². The lowest BCUT2D eigenvalue weighted by Crippen LogP contribution is -2.06. The molecule has 0 saturated heterocycles. The van der Waals surface area contributed by atoms with Gasteiger partial charge in [-0.3, -0.25) is 4.68 Å². The van der Waals surface area contributed by atoms with Crippen LogP contribution in [-0.2, 0) is 13.6 Å². The van der Waals surface area contributed by atoms with Gasteiger partial charge in [-0.05, 0) is 41.4 Å². The largest absolute Gasteiger partial charge is 0.379 e. The second-order valence-corrected chi connectivity index (χ2v) is 4.93. The number of hydrogen-bond acceptors (Lipinski definition) is 2. The summed E-state index contributed by atoms with van der Waals surface area (Å²) in [5.74, 6) is 0. The van der Waals surface area contributed by atoms with E-state index in [1.807, 2.05) is 30.8 Å². The minimum absolute atomic E-state index is 0.767. The number of halogens is 1. The summed E-state index contributed by atoms with van der Waals surface area (Å²) in [6.07, 6.45) is 0. The molecule has 90 valence electrons. The van der Waals surface area contributed by atoms with Gasteiger partial charge in [0.25, 0.3) is 0 Å². The van der Waals surface area contributed by atoms with Gasteiger partial charge in [0, 0.05) is 12.7 Å². The third-order valence-corrected chi connectivity index (χ3v) is 3.88. The molecule has 1 N–H and O–H groups in total. The normalized spacial score (nSPS) is 10.6. The van der Waals surface area contributed by atoms with E-state index in [0.717, 1.165) is 22.4 Å². The minimum atomic E-state index is 0.767. The van der Waals surface area contributed by atoms with Gasteiger partial charge < -0.3 is 5.32 Å². The average molecular weight is 294 g/mol. The smallest absolute Gasteiger partial charge is 0.0739 e. The molecule has 4 heteroatoms. The molecule has 1 heterocycles. The van der Waals surface area contributed by atoms with Crippen LogP contribution in [0.5, 0.6) is 0 Å². The van der Waals surface area contributed by atoms with Crippen molar-refractivity contribution in [3.05, 3.63) is 45.7 Å². The van der Waals surface area contributed by atoms with Crippen LogP contribution in [-0.4, -0.2) is 9.78 Å². The van der Waals surface area contributed by atoms with Crippen LogP contribution in [0.25, 0.3) is 0 Å². The van der Waals surface area contributed by atoms with Crippen LogP contribution in [0, 0.1) is 13.8 Å². The molecule has 0 atom stereocenters. The Balaban J connectivity index is 2.15. The van der Waals surface area contributed by atoms with Crippen molar-refractivity contribution in [2.24, 2.45) is 7.05 Å². The molecule has 0 aliphatic carbocycles. The quantitative estimate of drug-likeness (QED) is 0.940. The van der Waals surface area contributed by atoms with E-state index >= 15 is 0 Å². The summed E-state index contributed by atoms with van der Waals surface area (Å²) in [5.41, 5.74) is 4.60. The number of nitrogens with one attached hydrogen (secondary N) is 1. The molecule has 0 aliphatic heterocycles. The van der Waals surface area contributed by atoms with Crippen LogP contribution in [0.4, 0.5) is 5.69 Å². The number of hydrogen-bond donors (Lipinski definition) is 1. The van der Waals surface area contributed by atoms with Crippen molar-refractivity contribution in [1.29, 1.82) is 0 Å². The van der Waals surface area contributed by atoms with Gasteiger partial charge in [-0.1, -0.05) is 18.2 Å². The first-order valence-electron chi connectivity index (χ1n) is 5.57. The van der Waals surface area contributed by atoms with E-state index in [9.17, 15) is 0 Å². The first kappa shape index (κ1) is 12.2. The highest BCUT2D eigenvalue weighted by atomic mass is 79.9. The predicted octanol–water partition coefficient (Wildman–Crippen LogP) is 3.41. The molecule has 0 amide bonds. The second-order valence-electron chi connectivity index (χ2n) is 4.14. The molecule has 1 aromatic carbocycles. The molecular formula is C13H16BrN3. The van der Waals surface area contributed by atoms with Crippen molar-refractivity contribution in [3.63, 3.8) is 0 Å². The summed E-state index contributed by atoms with van der Waals surface area (Å²) < 4.78 is 2.99. The molecule has 0 spiro atoms. The van der Waals surface area contributed by atoms with Crippen molar-refractivity contribution < 1.29 is 0 Å². The van der Waals surface area contributed by atoms with Crippen LogP contribution in [0.2, 0.25) is 0 Å². The van der Waals surface area contributed by atoms with E-state index in [2.05, 4.69) is 45.4 Å². The molecule has 3 nitrogen and oxygen atoms in total. The zero-order chi connectivity index (χ0) is 12.4. The fourth-order valence-electron chi connectivity index (χ4n) is 1.82. The lowest BCUT2D eigenvalue weighted by atomic mass is 10.2. The fraction of sp³-hybridized carbons (Fsp3) is 0.308. The number of aryl methyl sites for hydroxylation is 3. The van der Waals surface area contributed by atoms with Gasteiger partial charge in [0.15, 0.2) is 0 Å². The molecule has 0 aliphatic rings. The zero-order valence-electron chi connectivity index (χ0n) is 10.3. The number of aromatic nitrogens is 2. The van der Waals surface area contributed by atoms with Crippen molar-refractivity contribution in [2.75, 3.05) is 5.32 Å². The number of anilines is 1. The highest BCUT2D eigenvalue weighted by molar-refractivity contribution is 9.10. The average Bonchev–Trinajstić information content (AvgIpc) is 2.53. The summed E-state index contributed by atoms with van der Waals surface area (Å²) in [6.45, 7) is 4.87. The fourth-order valence-corrected chi connectivity index (χ4v) is 2.30. The predicted molar refractivity (Wildman–Crippen MR) is 74.2 cm³/mol. The molecule has 0 fully saturated rings. The minimum Gasteiger partial charge on any atom is -0.379 e. The summed E-state index contributed by atoms with van der Waals surface area (Å²) in [5, 5.41) is 7.81. The highest BCUT2D eigenvalue weighted by Gasteiger charge is 2.10. The van der Waals surface area contributed by atoms with Gasteiger partial charge in [0.2, 0.25) is 0 Å². The summed E-state index contributed by atoms with van der Waals surface area (Å²) >= 11 is 3.57. The van der Waals surface area contributed by atoms with Crippen molar-refractivity contribution in [3.8, 4) is 0 Å². The van der Waals surface area contributed by atoms with Gasteiger partial charge in [-0.25, -0.2) is 0 Å². The second kappa shape index (κ2) is 4.92. The monoisotopic (exact) mass is 293 g/mol. The number of benzene rings is 1. The van der Waals surface area contributed by atoms with E-state index in [1.54, 1.807) is 0 Å². The van der Waals surface area contributed by atoms with Crippen LogP contribution in [0.1, 0.15) is 17.0 Å². The van der Waals surface area contributed by atoms with Gasteiger partial charge >= 0.3 is 0 Å². The van der Waals surface area contributed by atoms with E-state index < -0.39 is 0 Å². The van der Waals surface area contributed by atoms with Gasteiger partial charge in [0.1, 0.15) is 0 Å². The maximum atomic E-state index is 4.38. The Bertz CT molecular complexity index is 531. The third-order valence-electron chi connectivity index (χ3n) is 2.85. The lowest BCUT2D eigenvalue weighted by molar-refractivity contribution is 0.712. The van der Waals surface area contributed by atoms with E-state index in [1.165, 1.54) is 11.3 Å². The molecular weight excluding hydrogens is 278 g/mol. The molecule has 0 radical (unpaired) electrons. The summed E-state index contributed by atoms with van der Waals surface area (Å²) in [7, 11) is 1.96. The Morgan fingerprint density at radius 2 is 2.00 bits per heavy atom. The summed E-state index contributed by atoms with van der Waals surface area (Å²) in [4.78, 5) is 0. The highest BCUT2D eigenvalue weighted by Crippen LogP contribution is 2.22. The number of rotatable bonds is 3. The lowest BCUT2D eigenvalue weighted by Gasteiger charge is -2.09. The standard InChI is InChI=1S/C13H16BrN3/c1-9-6-4-5-7-11(9)15-8-12-13(14)10(2)16-17(12)3/h4-7,15H,8H2,1-3H3. The zero-order valence-corrected chi connectivity index (χ0v) is 11.9. The van der Waals surface area contributed by atoms with Crippen LogP contribution in [0.3, 0.4) is 0 Å². The SMILES string of the molecule is Cc1ccccc1NCc1c(Br)c(C)nn1C. The third kappa shape index (κ3) is 2.52. The molecule has 17 heavy (non-hydrogen) atoms. The number of para-hydroxylation sites is 1. The van der Waals surface area contributed by atoms with Gasteiger partial charge in [-0.15, -0.1) is 0 Å². The molecule has 1 aromatic heterocycles. The van der Waals surface area contributed by atoms with Crippen LogP contribution in [0.15, 0.2) is 28.7 Å². The molecule has 0 saturated carbocycles. The first-order chi connectivity index (χ1) is 8.09. The van der Waals surface area contributed by atoms with Crippen LogP contribution >= 0.6 is 15.9 Å². The van der Waals surface area contributed by atoms with Crippen molar-refractivity contribution in [1.82, 2.24) is 9.78 Å². The maximum Gasteiger partial charge on any atom is 0.0739 e.